The van der Waals surface area contributed by atoms with Crippen LogP contribution in [0, 0.1) is 0 Å². The lowest BCUT2D eigenvalue weighted by atomic mass is 10.0. The third-order valence-corrected chi connectivity index (χ3v) is 8.08. The van der Waals surface area contributed by atoms with Gasteiger partial charge in [-0.15, -0.1) is 0 Å². The second kappa shape index (κ2) is 31.0. The highest BCUT2D eigenvalue weighted by Crippen LogP contribution is 2.14. The molecule has 0 radical (unpaired) electrons. The van der Waals surface area contributed by atoms with Crippen molar-refractivity contribution in [3.8, 4) is 0 Å². The number of amides is 1. The third kappa shape index (κ3) is 27.3. The highest BCUT2D eigenvalue weighted by molar-refractivity contribution is 5.76. The molecule has 0 aliphatic heterocycles. The number of carbonyl (C=O) groups excluding carboxylic acids is 1. The Morgan fingerprint density at radius 1 is 0.600 bits per heavy atom. The van der Waals surface area contributed by atoms with Gasteiger partial charge in [0.25, 0.3) is 0 Å². The molecule has 0 fully saturated rings. The summed E-state index contributed by atoms with van der Waals surface area (Å²) in [6.07, 6.45) is 33.1. The molecule has 0 bridgehead atoms. The van der Waals surface area contributed by atoms with Crippen LogP contribution in [0.5, 0.6) is 0 Å². The van der Waals surface area contributed by atoms with Crippen LogP contribution >= 0.6 is 0 Å². The first-order valence-corrected chi connectivity index (χ1v) is 17.5. The number of aliphatic hydroxyl groups is 3. The zero-order valence-corrected chi connectivity index (χ0v) is 26.7. The maximum Gasteiger partial charge on any atom is 0.222 e. The minimum Gasteiger partial charge on any atom is -0.394 e. The quantitative estimate of drug-likeness (QED) is 0.0497. The van der Waals surface area contributed by atoms with Crippen LogP contribution in [0.1, 0.15) is 181 Å². The van der Waals surface area contributed by atoms with Crippen molar-refractivity contribution in [1.29, 1.82) is 0 Å². The molecule has 0 aliphatic carbocycles. The topological polar surface area (TPSA) is 89.8 Å². The average Bonchev–Trinajstić information content (AvgIpc) is 2.94. The van der Waals surface area contributed by atoms with Crippen molar-refractivity contribution in [2.75, 3.05) is 6.61 Å². The molecule has 0 aromatic rings. The lowest BCUT2D eigenvalue weighted by molar-refractivity contribution is -0.125. The van der Waals surface area contributed by atoms with E-state index < -0.39 is 18.2 Å². The molecule has 0 spiro atoms. The molecule has 0 rings (SSSR count). The molecule has 238 valence electrons. The van der Waals surface area contributed by atoms with Crippen molar-refractivity contribution in [2.24, 2.45) is 0 Å². The maximum atomic E-state index is 12.3. The Balaban J connectivity index is 3.69. The third-order valence-electron chi connectivity index (χ3n) is 8.08. The Bertz CT molecular complexity index is 554. The summed E-state index contributed by atoms with van der Waals surface area (Å²) in [7, 11) is 0. The summed E-state index contributed by atoms with van der Waals surface area (Å²) in [6, 6.07) is -0.656. The number of hydrogen-bond donors (Lipinski definition) is 4. The highest BCUT2D eigenvalue weighted by atomic mass is 16.3. The van der Waals surface area contributed by atoms with Crippen LogP contribution in [-0.4, -0.2) is 46.1 Å². The number of allylic oxidation sites excluding steroid dienone is 2. The van der Waals surface area contributed by atoms with Crippen molar-refractivity contribution in [1.82, 2.24) is 5.32 Å². The first-order valence-electron chi connectivity index (χ1n) is 17.5. The van der Waals surface area contributed by atoms with Crippen LogP contribution in [0.25, 0.3) is 0 Å². The van der Waals surface area contributed by atoms with Crippen molar-refractivity contribution < 1.29 is 20.1 Å². The lowest BCUT2D eigenvalue weighted by Crippen LogP contribution is -2.46. The molecule has 0 saturated carbocycles. The predicted molar refractivity (Wildman–Crippen MR) is 172 cm³/mol. The molecule has 0 aliphatic rings. The molecule has 3 atom stereocenters. The van der Waals surface area contributed by atoms with Crippen molar-refractivity contribution >= 4 is 5.91 Å². The summed E-state index contributed by atoms with van der Waals surface area (Å²) in [6.45, 7) is 4.22. The smallest absolute Gasteiger partial charge is 0.222 e. The SMILES string of the molecule is CCCCCCCCCCC/C=C\CCCCCC(O)CC(=O)NC(CO)C(O)CCCCCCCCCCC. The second-order valence-corrected chi connectivity index (χ2v) is 12.1. The zero-order chi connectivity index (χ0) is 29.5. The van der Waals surface area contributed by atoms with E-state index >= 15 is 0 Å². The van der Waals surface area contributed by atoms with Crippen LogP contribution in [0.3, 0.4) is 0 Å². The molecule has 0 aromatic heterocycles. The number of unbranched alkanes of at least 4 members (excludes halogenated alkanes) is 20. The fraction of sp³-hybridized carbons (Fsp3) is 0.914. The molecule has 3 unspecified atom stereocenters. The number of hydrogen-bond acceptors (Lipinski definition) is 4. The van der Waals surface area contributed by atoms with E-state index in [1.54, 1.807) is 0 Å². The van der Waals surface area contributed by atoms with Crippen molar-refractivity contribution in [3.63, 3.8) is 0 Å². The standard InChI is InChI=1S/C35H69NO4/c1-3-5-7-9-11-13-14-15-16-17-18-19-21-22-24-26-28-32(38)30-35(40)36-33(31-37)34(39)29-27-25-23-20-12-10-8-6-4-2/h18-19,32-34,37-39H,3-17,20-31H2,1-2H3,(H,36,40)/b19-18-. The van der Waals surface area contributed by atoms with Gasteiger partial charge in [-0.25, -0.2) is 0 Å². The van der Waals surface area contributed by atoms with E-state index in [2.05, 4.69) is 31.3 Å². The molecular formula is C35H69NO4. The normalized spacial score (nSPS) is 14.0. The first kappa shape index (κ1) is 39.1. The van der Waals surface area contributed by atoms with Gasteiger partial charge >= 0.3 is 0 Å². The van der Waals surface area contributed by atoms with E-state index in [4.69, 9.17) is 0 Å². The van der Waals surface area contributed by atoms with Gasteiger partial charge in [-0.05, 0) is 38.5 Å². The Labute approximate surface area is 249 Å². The van der Waals surface area contributed by atoms with Gasteiger partial charge in [0.05, 0.1) is 31.3 Å². The summed E-state index contributed by atoms with van der Waals surface area (Å²) in [4.78, 5) is 12.3. The Kier molecular flexibility index (Phi) is 30.3. The zero-order valence-electron chi connectivity index (χ0n) is 26.7. The summed E-state index contributed by atoms with van der Waals surface area (Å²) < 4.78 is 0. The summed E-state index contributed by atoms with van der Waals surface area (Å²) in [5, 5.41) is 33.0. The number of carbonyl (C=O) groups is 1. The highest BCUT2D eigenvalue weighted by Gasteiger charge is 2.21. The largest absolute Gasteiger partial charge is 0.394 e. The molecule has 5 nitrogen and oxygen atoms in total. The van der Waals surface area contributed by atoms with Gasteiger partial charge < -0.3 is 20.6 Å². The van der Waals surface area contributed by atoms with Crippen molar-refractivity contribution in [2.45, 2.75) is 199 Å². The molecule has 1 amide bonds. The van der Waals surface area contributed by atoms with Gasteiger partial charge in [-0.3, -0.25) is 4.79 Å². The fourth-order valence-electron chi connectivity index (χ4n) is 5.34. The number of aliphatic hydroxyl groups excluding tert-OH is 3. The predicted octanol–water partition coefficient (Wildman–Crippen LogP) is 8.92. The lowest BCUT2D eigenvalue weighted by Gasteiger charge is -2.23. The maximum absolute atomic E-state index is 12.3. The van der Waals surface area contributed by atoms with Gasteiger partial charge in [-0.1, -0.05) is 148 Å². The van der Waals surface area contributed by atoms with E-state index in [0.29, 0.717) is 12.8 Å². The minimum atomic E-state index is -0.746. The Morgan fingerprint density at radius 2 is 1.00 bits per heavy atom. The van der Waals surface area contributed by atoms with Gasteiger partial charge in [0, 0.05) is 0 Å². The molecule has 4 N–H and O–H groups in total. The average molecular weight is 568 g/mol. The van der Waals surface area contributed by atoms with Crippen LogP contribution in [0.2, 0.25) is 0 Å². The monoisotopic (exact) mass is 568 g/mol. The molecule has 0 aromatic carbocycles. The molecule has 40 heavy (non-hydrogen) atoms. The second-order valence-electron chi connectivity index (χ2n) is 12.1. The van der Waals surface area contributed by atoms with Gasteiger partial charge in [-0.2, -0.15) is 0 Å². The minimum absolute atomic E-state index is 0.0277. The number of nitrogens with one attached hydrogen (secondary N) is 1. The fourth-order valence-corrected chi connectivity index (χ4v) is 5.34. The van der Waals surface area contributed by atoms with Crippen molar-refractivity contribution in [3.05, 3.63) is 12.2 Å². The summed E-state index contributed by atoms with van der Waals surface area (Å²) in [5.74, 6) is -0.294. The van der Waals surface area contributed by atoms with Crippen LogP contribution in [-0.2, 0) is 4.79 Å². The van der Waals surface area contributed by atoms with E-state index in [0.717, 1.165) is 38.5 Å². The van der Waals surface area contributed by atoms with Gasteiger partial charge in [0.15, 0.2) is 0 Å². The van der Waals surface area contributed by atoms with E-state index in [1.165, 1.54) is 109 Å². The van der Waals surface area contributed by atoms with Gasteiger partial charge in [0.1, 0.15) is 0 Å². The van der Waals surface area contributed by atoms with E-state index in [1.807, 2.05) is 0 Å². The summed E-state index contributed by atoms with van der Waals surface area (Å²) >= 11 is 0. The first-order chi connectivity index (χ1) is 19.5. The van der Waals surface area contributed by atoms with Crippen LogP contribution < -0.4 is 5.32 Å². The Morgan fingerprint density at radius 3 is 1.48 bits per heavy atom. The van der Waals surface area contributed by atoms with Crippen LogP contribution in [0.15, 0.2) is 12.2 Å². The summed E-state index contributed by atoms with van der Waals surface area (Å²) in [5.41, 5.74) is 0. The molecule has 5 heteroatoms. The molecule has 0 saturated heterocycles. The van der Waals surface area contributed by atoms with Crippen LogP contribution in [0.4, 0.5) is 0 Å². The number of rotatable bonds is 31. The Hall–Kier alpha value is -0.910. The molecular weight excluding hydrogens is 498 g/mol. The van der Waals surface area contributed by atoms with E-state index in [-0.39, 0.29) is 18.9 Å². The van der Waals surface area contributed by atoms with Gasteiger partial charge in [0.2, 0.25) is 5.91 Å². The molecule has 0 heterocycles. The van der Waals surface area contributed by atoms with E-state index in [9.17, 15) is 20.1 Å².